The Kier molecular flexibility index (Phi) is 5.35. The predicted octanol–water partition coefficient (Wildman–Crippen LogP) is 4.66. The Labute approximate surface area is 164 Å². The number of halogens is 1. The first-order chi connectivity index (χ1) is 13.7. The second-order valence-corrected chi connectivity index (χ2v) is 7.05. The van der Waals surface area contributed by atoms with E-state index in [-0.39, 0.29) is 11.8 Å². The lowest BCUT2D eigenvalue weighted by Gasteiger charge is -2.14. The number of amides is 2. The largest absolute Gasteiger partial charge is 0.334 e. The van der Waals surface area contributed by atoms with Gasteiger partial charge in [-0.2, -0.15) is 0 Å². The molecule has 4 rings (SSSR count). The van der Waals surface area contributed by atoms with E-state index in [4.69, 9.17) is 0 Å². The van der Waals surface area contributed by atoms with Crippen LogP contribution in [0.3, 0.4) is 0 Å². The Balaban J connectivity index is 1.32. The van der Waals surface area contributed by atoms with Gasteiger partial charge in [-0.3, -0.25) is 4.90 Å². The molecular formula is C23H22FN3O. The van der Waals surface area contributed by atoms with Crippen molar-refractivity contribution < 1.29 is 9.18 Å². The van der Waals surface area contributed by atoms with Gasteiger partial charge in [-0.25, -0.2) is 9.18 Å². The number of fused-ring (bicyclic) bond motifs is 1. The Hall–Kier alpha value is -3.18. The van der Waals surface area contributed by atoms with E-state index in [0.29, 0.717) is 6.54 Å². The minimum Gasteiger partial charge on any atom is -0.334 e. The van der Waals surface area contributed by atoms with E-state index in [9.17, 15) is 9.18 Å². The van der Waals surface area contributed by atoms with Crippen molar-refractivity contribution in [2.75, 3.05) is 5.32 Å². The van der Waals surface area contributed by atoms with Crippen molar-refractivity contribution in [2.24, 2.45) is 0 Å². The van der Waals surface area contributed by atoms with Crippen LogP contribution in [0.5, 0.6) is 0 Å². The van der Waals surface area contributed by atoms with Crippen molar-refractivity contribution >= 4 is 11.7 Å². The normalized spacial score (nSPS) is 13.2. The van der Waals surface area contributed by atoms with Crippen LogP contribution in [-0.4, -0.2) is 10.9 Å². The minimum absolute atomic E-state index is 0.275. The molecule has 3 aromatic rings. The standard InChI is InChI=1S/C23H22FN3O/c24-21-9-6-17(7-10-21)13-25-23(28)26-22-11-8-19-15-27(16-20(19)12-22)14-18-4-2-1-3-5-18/h1-12H,13-16H2,(H2,25,26,28). The van der Waals surface area contributed by atoms with E-state index in [1.54, 1.807) is 12.1 Å². The number of anilines is 1. The monoisotopic (exact) mass is 375 g/mol. The fourth-order valence-corrected chi connectivity index (χ4v) is 3.46. The number of nitrogens with zero attached hydrogens (tertiary/aromatic N) is 1. The van der Waals surface area contributed by atoms with Gasteiger partial charge in [0.25, 0.3) is 0 Å². The number of nitrogens with one attached hydrogen (secondary N) is 2. The molecule has 0 saturated carbocycles. The highest BCUT2D eigenvalue weighted by molar-refractivity contribution is 5.89. The molecule has 1 heterocycles. The number of carbonyl (C=O) groups is 1. The number of rotatable bonds is 5. The summed E-state index contributed by atoms with van der Waals surface area (Å²) in [5.41, 5.74) is 5.47. The molecule has 5 heteroatoms. The molecule has 0 saturated heterocycles. The maximum absolute atomic E-state index is 12.9. The highest BCUT2D eigenvalue weighted by Gasteiger charge is 2.19. The molecule has 2 amide bonds. The van der Waals surface area contributed by atoms with Gasteiger partial charge in [-0.1, -0.05) is 48.5 Å². The van der Waals surface area contributed by atoms with Crippen molar-refractivity contribution in [1.82, 2.24) is 10.2 Å². The van der Waals surface area contributed by atoms with E-state index >= 15 is 0 Å². The van der Waals surface area contributed by atoms with Gasteiger partial charge in [0.1, 0.15) is 5.82 Å². The maximum atomic E-state index is 12.9. The van der Waals surface area contributed by atoms with Gasteiger partial charge in [0, 0.05) is 31.9 Å². The lowest BCUT2D eigenvalue weighted by molar-refractivity contribution is 0.251. The van der Waals surface area contributed by atoms with Gasteiger partial charge < -0.3 is 10.6 Å². The van der Waals surface area contributed by atoms with Crippen molar-refractivity contribution in [3.8, 4) is 0 Å². The smallest absolute Gasteiger partial charge is 0.319 e. The van der Waals surface area contributed by atoms with Crippen LogP contribution in [0.4, 0.5) is 14.9 Å². The summed E-state index contributed by atoms with van der Waals surface area (Å²) in [6.07, 6.45) is 0. The average molecular weight is 375 g/mol. The van der Waals surface area contributed by atoms with Crippen LogP contribution in [0.25, 0.3) is 0 Å². The lowest BCUT2D eigenvalue weighted by Crippen LogP contribution is -2.28. The summed E-state index contributed by atoms with van der Waals surface area (Å²) in [5, 5.41) is 5.67. The zero-order chi connectivity index (χ0) is 19.3. The second-order valence-electron chi connectivity index (χ2n) is 7.05. The SMILES string of the molecule is O=C(NCc1ccc(F)cc1)Nc1ccc2c(c1)CN(Cc1ccccc1)C2. The Morgan fingerprint density at radius 2 is 1.64 bits per heavy atom. The molecule has 0 radical (unpaired) electrons. The van der Waals surface area contributed by atoms with Gasteiger partial charge >= 0.3 is 6.03 Å². The molecule has 1 aliphatic heterocycles. The Bertz CT molecular complexity index is 957. The van der Waals surface area contributed by atoms with Crippen LogP contribution >= 0.6 is 0 Å². The quantitative estimate of drug-likeness (QED) is 0.681. The van der Waals surface area contributed by atoms with E-state index in [2.05, 4.69) is 45.9 Å². The van der Waals surface area contributed by atoms with E-state index in [0.717, 1.165) is 30.9 Å². The molecule has 3 aromatic carbocycles. The molecule has 28 heavy (non-hydrogen) atoms. The van der Waals surface area contributed by atoms with Gasteiger partial charge in [0.15, 0.2) is 0 Å². The first kappa shape index (κ1) is 18.2. The molecule has 0 aliphatic carbocycles. The molecule has 1 aliphatic rings. The summed E-state index contributed by atoms with van der Waals surface area (Å²) in [7, 11) is 0. The molecule has 0 bridgehead atoms. The van der Waals surface area contributed by atoms with Crippen LogP contribution in [0.15, 0.2) is 72.8 Å². The molecule has 0 atom stereocenters. The summed E-state index contributed by atoms with van der Waals surface area (Å²) in [4.78, 5) is 14.5. The molecule has 0 fully saturated rings. The highest BCUT2D eigenvalue weighted by atomic mass is 19.1. The maximum Gasteiger partial charge on any atom is 0.319 e. The molecule has 0 aromatic heterocycles. The van der Waals surface area contributed by atoms with Crippen LogP contribution in [0.1, 0.15) is 22.3 Å². The first-order valence-corrected chi connectivity index (χ1v) is 9.33. The van der Waals surface area contributed by atoms with Crippen molar-refractivity contribution in [3.05, 3.63) is 101 Å². The fraction of sp³-hybridized carbons (Fsp3) is 0.174. The third kappa shape index (κ3) is 4.56. The van der Waals surface area contributed by atoms with Gasteiger partial charge in [-0.05, 0) is 46.5 Å². The van der Waals surface area contributed by atoms with Crippen LogP contribution < -0.4 is 10.6 Å². The molecule has 2 N–H and O–H groups in total. The van der Waals surface area contributed by atoms with Gasteiger partial charge in [0.05, 0.1) is 0 Å². The Morgan fingerprint density at radius 3 is 2.43 bits per heavy atom. The lowest BCUT2D eigenvalue weighted by atomic mass is 10.1. The highest BCUT2D eigenvalue weighted by Crippen LogP contribution is 2.27. The third-order valence-electron chi connectivity index (χ3n) is 4.87. The van der Waals surface area contributed by atoms with Crippen molar-refractivity contribution in [3.63, 3.8) is 0 Å². The van der Waals surface area contributed by atoms with E-state index < -0.39 is 0 Å². The molecule has 0 spiro atoms. The first-order valence-electron chi connectivity index (χ1n) is 9.33. The van der Waals surface area contributed by atoms with Crippen molar-refractivity contribution in [1.29, 1.82) is 0 Å². The predicted molar refractivity (Wildman–Crippen MR) is 108 cm³/mol. The minimum atomic E-state index is -0.285. The summed E-state index contributed by atoms with van der Waals surface area (Å²) >= 11 is 0. The molecular weight excluding hydrogens is 353 g/mol. The average Bonchev–Trinajstić information content (AvgIpc) is 3.10. The summed E-state index contributed by atoms with van der Waals surface area (Å²) in [6.45, 7) is 3.05. The molecule has 142 valence electrons. The number of hydrogen-bond acceptors (Lipinski definition) is 2. The third-order valence-corrected chi connectivity index (χ3v) is 4.87. The van der Waals surface area contributed by atoms with E-state index in [1.165, 1.54) is 28.8 Å². The zero-order valence-electron chi connectivity index (χ0n) is 15.5. The van der Waals surface area contributed by atoms with Crippen LogP contribution in [0.2, 0.25) is 0 Å². The topological polar surface area (TPSA) is 44.4 Å². The number of carbonyl (C=O) groups excluding carboxylic acids is 1. The number of benzene rings is 3. The van der Waals surface area contributed by atoms with Gasteiger partial charge in [-0.15, -0.1) is 0 Å². The molecule has 4 nitrogen and oxygen atoms in total. The Morgan fingerprint density at radius 1 is 0.893 bits per heavy atom. The second kappa shape index (κ2) is 8.23. The number of urea groups is 1. The fourth-order valence-electron chi connectivity index (χ4n) is 3.46. The summed E-state index contributed by atoms with van der Waals surface area (Å²) in [5.74, 6) is -0.285. The van der Waals surface area contributed by atoms with Crippen LogP contribution in [-0.2, 0) is 26.2 Å². The molecule has 0 unspecified atom stereocenters. The summed E-state index contributed by atoms with van der Waals surface area (Å²) in [6, 6.07) is 22.3. The van der Waals surface area contributed by atoms with Gasteiger partial charge in [0.2, 0.25) is 0 Å². The van der Waals surface area contributed by atoms with Crippen molar-refractivity contribution in [2.45, 2.75) is 26.2 Å². The summed E-state index contributed by atoms with van der Waals surface area (Å²) < 4.78 is 12.9. The van der Waals surface area contributed by atoms with E-state index in [1.807, 2.05) is 18.2 Å². The number of hydrogen-bond donors (Lipinski definition) is 2. The zero-order valence-corrected chi connectivity index (χ0v) is 15.5. The van der Waals surface area contributed by atoms with Crippen LogP contribution in [0, 0.1) is 5.82 Å².